The Morgan fingerprint density at radius 1 is 0.221 bits per heavy atom. The third-order valence-corrected chi connectivity index (χ3v) is 11.6. The average molecular weight is 1150 g/mol. The predicted molar refractivity (Wildman–Crippen MR) is 331 cm³/mol. The van der Waals surface area contributed by atoms with E-state index < -0.39 is 0 Å². The molecule has 0 aliphatic carbocycles. The molecular weight excluding hydrogens is 1100 g/mol. The summed E-state index contributed by atoms with van der Waals surface area (Å²) >= 11 is 0. The van der Waals surface area contributed by atoms with Crippen LogP contribution in [-0.2, 0) is 0 Å². The molecule has 0 spiro atoms. The van der Waals surface area contributed by atoms with Crippen LogP contribution in [0, 0.1) is 0 Å². The normalized spacial score (nSPS) is 11.8. The molecule has 0 bridgehead atoms. The molecule has 9 aromatic heterocycles. The highest BCUT2D eigenvalue weighted by atomic mass is 15.5. The Morgan fingerprint density at radius 3 is 0.593 bits per heavy atom. The summed E-state index contributed by atoms with van der Waals surface area (Å²) < 4.78 is 0. The number of anilines is 8. The van der Waals surface area contributed by atoms with E-state index in [4.69, 9.17) is 0 Å². The molecule has 0 atom stereocenters. The quantitative estimate of drug-likeness (QED) is 0.0614. The minimum atomic E-state index is 0.493. The van der Waals surface area contributed by atoms with Crippen LogP contribution in [0.25, 0.3) is 0 Å². The zero-order chi connectivity index (χ0) is 60.0. The Kier molecular flexibility index (Phi) is 19.6. The smallest absolute Gasteiger partial charge is 0.154 e. The van der Waals surface area contributed by atoms with Crippen molar-refractivity contribution in [3.8, 4) is 0 Å². The van der Waals surface area contributed by atoms with Crippen LogP contribution >= 0.6 is 0 Å². The molecular formula is C54H54N32. The highest BCUT2D eigenvalue weighted by Crippen LogP contribution is 2.20. The first-order valence-electron chi connectivity index (χ1n) is 25.7. The van der Waals surface area contributed by atoms with E-state index in [1.54, 1.807) is 201 Å². The van der Waals surface area contributed by atoms with E-state index in [1.807, 2.05) is 36.4 Å². The molecule has 0 saturated heterocycles. The van der Waals surface area contributed by atoms with Gasteiger partial charge in [-0.15, -0.1) is 0 Å². The maximum Gasteiger partial charge on any atom is 0.154 e. The molecule has 0 aromatic carbocycles. The van der Waals surface area contributed by atoms with Crippen LogP contribution in [0.2, 0.25) is 0 Å². The second-order valence-corrected chi connectivity index (χ2v) is 17.7. The summed E-state index contributed by atoms with van der Waals surface area (Å²) in [6.07, 6.45) is 26.2. The van der Waals surface area contributed by atoms with Gasteiger partial charge in [0, 0.05) is 93.0 Å². The van der Waals surface area contributed by atoms with Gasteiger partial charge >= 0.3 is 0 Å². The zero-order valence-corrected chi connectivity index (χ0v) is 47.6. The molecule has 0 fully saturated rings. The number of hydrazone groups is 8. The van der Waals surface area contributed by atoms with Gasteiger partial charge in [0.15, 0.2) is 46.5 Å². The molecule has 430 valence electrons. The van der Waals surface area contributed by atoms with Crippen molar-refractivity contribution in [3.05, 3.63) is 181 Å². The van der Waals surface area contributed by atoms with Crippen LogP contribution in [0.15, 0.2) is 176 Å². The summed E-state index contributed by atoms with van der Waals surface area (Å²) in [6, 6.07) is 23.4. The Labute approximate surface area is 492 Å². The third kappa shape index (κ3) is 16.8. The number of hydrogen-bond acceptors (Lipinski definition) is 32. The fraction of sp³-hybridized carbons (Fsp3) is 0.148. The molecule has 0 aliphatic heterocycles. The molecule has 86 heavy (non-hydrogen) atoms. The van der Waals surface area contributed by atoms with Crippen molar-refractivity contribution in [1.82, 2.24) is 79.7 Å². The largest absolute Gasteiger partial charge is 0.255 e. The van der Waals surface area contributed by atoms with Gasteiger partial charge in [-0.25, -0.2) is 69.8 Å². The number of aromatic nitrogens is 16. The summed E-state index contributed by atoms with van der Waals surface area (Å²) in [7, 11) is 14.1. The first kappa shape index (κ1) is 58.3. The molecule has 0 saturated carbocycles. The highest BCUT2D eigenvalue weighted by Gasteiger charge is 2.12. The number of nitrogens with zero attached hydrogens (tertiary/aromatic N) is 32. The van der Waals surface area contributed by atoms with Gasteiger partial charge in [-0.2, -0.15) is 40.8 Å². The Bertz CT molecular complexity index is 3680. The van der Waals surface area contributed by atoms with E-state index >= 15 is 0 Å². The van der Waals surface area contributed by atoms with Crippen LogP contribution in [-0.4, -0.2) is 186 Å². The summed E-state index contributed by atoms with van der Waals surface area (Å²) in [6.45, 7) is 0. The SMILES string of the molecule is CN(/N=C/c1ccccn1)c1cc(N(C)/N=C/c2cc(/C=N/N(C)c3cc(N(C)/N=C/c4cc(/C=N/N(C)c5cc(N(C)/N=C/c6cc(/C=N/N(C)c7cc(N(C)/N=C/c8ccccn8)ncn7)ncn6)ncn5)ncn4)ncn3)ncn2)ncn1. The molecule has 32 nitrogen and oxygen atoms in total. The number of rotatable bonds is 24. The molecule has 0 amide bonds. The van der Waals surface area contributed by atoms with Gasteiger partial charge in [-0.1, -0.05) is 12.1 Å². The Morgan fingerprint density at radius 2 is 0.407 bits per heavy atom. The van der Waals surface area contributed by atoms with Gasteiger partial charge in [-0.05, 0) is 42.5 Å². The van der Waals surface area contributed by atoms with Crippen molar-refractivity contribution in [2.45, 2.75) is 0 Å². The van der Waals surface area contributed by atoms with Crippen molar-refractivity contribution in [1.29, 1.82) is 0 Å². The topological polar surface area (TPSA) is 331 Å². The molecule has 32 heteroatoms. The first-order chi connectivity index (χ1) is 41.9. The molecule has 0 N–H and O–H groups in total. The Balaban J connectivity index is 0.749. The minimum absolute atomic E-state index is 0.493. The fourth-order valence-electron chi connectivity index (χ4n) is 6.90. The van der Waals surface area contributed by atoms with Crippen molar-refractivity contribution >= 4 is 96.3 Å². The number of hydrogen-bond donors (Lipinski definition) is 0. The monoisotopic (exact) mass is 1150 g/mol. The predicted octanol–water partition coefficient (Wildman–Crippen LogP) is 3.77. The second-order valence-electron chi connectivity index (χ2n) is 17.7. The standard InChI is InChI=1S/C54H54N32/c1-79(71-24-39-13-9-11-15-55-39)47-20-49(65-35-63-47)81(3)73-26-41-17-43(59-32-57-41)28-75-83(5)51-22-53(69-37-67-51)85(7)77-30-45-19-46(62-34-61-45)31-78-86(8)54-23-52(68-38-70-54)84(6)76-29-44-18-42(58-33-60-44)27-74-82(4)50-21-48(64-36-66-50)80(2)72-25-40-14-10-12-16-56-40/h9-38H,1-8H3/b71-24+,72-25+,73-26+,74-27+,75-28+,76-29+,77-30+,78-31+. The van der Waals surface area contributed by atoms with E-state index in [2.05, 4.69) is 121 Å². The summed E-state index contributed by atoms with van der Waals surface area (Å²) in [5, 5.41) is 48.8. The van der Waals surface area contributed by atoms with Gasteiger partial charge in [0.05, 0.1) is 95.3 Å². The highest BCUT2D eigenvalue weighted by molar-refractivity contribution is 5.86. The van der Waals surface area contributed by atoms with Gasteiger partial charge in [-0.3, -0.25) is 50.0 Å². The third-order valence-electron chi connectivity index (χ3n) is 11.6. The van der Waals surface area contributed by atoms with Crippen LogP contribution in [0.3, 0.4) is 0 Å². The lowest BCUT2D eigenvalue weighted by atomic mass is 10.3. The van der Waals surface area contributed by atoms with E-state index in [0.29, 0.717) is 80.7 Å². The molecule has 0 aliphatic rings. The lowest BCUT2D eigenvalue weighted by molar-refractivity contribution is 0.929. The van der Waals surface area contributed by atoms with Gasteiger partial charge in [0.1, 0.15) is 44.3 Å². The first-order valence-corrected chi connectivity index (χ1v) is 25.7. The Hall–Kier alpha value is -12.4. The van der Waals surface area contributed by atoms with Gasteiger partial charge in [0.25, 0.3) is 0 Å². The lowest BCUT2D eigenvalue weighted by Crippen LogP contribution is -2.15. The van der Waals surface area contributed by atoms with Gasteiger partial charge < -0.3 is 0 Å². The van der Waals surface area contributed by atoms with Crippen LogP contribution < -0.4 is 40.1 Å². The van der Waals surface area contributed by atoms with E-state index in [-0.39, 0.29) is 0 Å². The van der Waals surface area contributed by atoms with E-state index in [9.17, 15) is 0 Å². The summed E-state index contributed by atoms with van der Waals surface area (Å²) in [4.78, 5) is 69.5. The summed E-state index contributed by atoms with van der Waals surface area (Å²) in [5.41, 5.74) is 4.63. The van der Waals surface area contributed by atoms with Crippen molar-refractivity contribution in [3.63, 3.8) is 0 Å². The molecule has 9 heterocycles. The van der Waals surface area contributed by atoms with Crippen molar-refractivity contribution < 1.29 is 0 Å². The van der Waals surface area contributed by atoms with Gasteiger partial charge in [0.2, 0.25) is 0 Å². The van der Waals surface area contributed by atoms with E-state index in [0.717, 1.165) is 11.4 Å². The molecule has 0 radical (unpaired) electrons. The van der Waals surface area contributed by atoms with Crippen molar-refractivity contribution in [2.75, 3.05) is 96.5 Å². The maximum atomic E-state index is 4.55. The van der Waals surface area contributed by atoms with Crippen LogP contribution in [0.5, 0.6) is 0 Å². The van der Waals surface area contributed by atoms with Crippen LogP contribution in [0.1, 0.15) is 45.6 Å². The maximum absolute atomic E-state index is 4.55. The summed E-state index contributed by atoms with van der Waals surface area (Å²) in [5.74, 6) is 4.18. The van der Waals surface area contributed by atoms with Crippen LogP contribution in [0.4, 0.5) is 46.5 Å². The fourth-order valence-corrected chi connectivity index (χ4v) is 6.90. The lowest BCUT2D eigenvalue weighted by Gasteiger charge is -2.16. The van der Waals surface area contributed by atoms with Crippen molar-refractivity contribution in [2.24, 2.45) is 40.8 Å². The average Bonchev–Trinajstić information content (AvgIpc) is 3.75. The van der Waals surface area contributed by atoms with E-state index in [1.165, 1.54) is 44.3 Å². The molecule has 9 rings (SSSR count). The number of pyridine rings is 2. The second kappa shape index (κ2) is 28.9. The minimum Gasteiger partial charge on any atom is -0.255 e. The molecule has 9 aromatic rings. The zero-order valence-electron chi connectivity index (χ0n) is 47.6. The molecule has 0 unspecified atom stereocenters.